The van der Waals surface area contributed by atoms with Gasteiger partial charge in [0.25, 0.3) is 0 Å². The van der Waals surface area contributed by atoms with Crippen LogP contribution in [0, 0.1) is 0 Å². The lowest BCUT2D eigenvalue weighted by molar-refractivity contribution is -0.133. The first-order valence-corrected chi connectivity index (χ1v) is 7.05. The molecule has 17 heavy (non-hydrogen) atoms. The van der Waals surface area contributed by atoms with Crippen molar-refractivity contribution in [2.45, 2.75) is 31.2 Å². The standard InChI is InChI=1S/C11H15ClN2O2S/c12-5-8-7-17-10(13-8)4-11(16)14-3-1-2-9(15)6-14/h7,9,15H,1-6H2. The normalized spacial score (nSPS) is 20.6. The number of rotatable bonds is 3. The Morgan fingerprint density at radius 1 is 1.71 bits per heavy atom. The van der Waals surface area contributed by atoms with Gasteiger partial charge in [0, 0.05) is 18.5 Å². The number of carbonyl (C=O) groups is 1. The van der Waals surface area contributed by atoms with Crippen LogP contribution in [0.2, 0.25) is 0 Å². The van der Waals surface area contributed by atoms with Gasteiger partial charge >= 0.3 is 0 Å². The molecule has 1 fully saturated rings. The number of alkyl halides is 1. The number of hydrogen-bond donors (Lipinski definition) is 1. The van der Waals surface area contributed by atoms with Crippen molar-refractivity contribution >= 4 is 28.8 Å². The lowest BCUT2D eigenvalue weighted by Gasteiger charge is -2.29. The molecule has 2 rings (SSSR count). The van der Waals surface area contributed by atoms with E-state index in [9.17, 15) is 9.90 Å². The summed E-state index contributed by atoms with van der Waals surface area (Å²) >= 11 is 7.12. The molecule has 0 aromatic carbocycles. The molecule has 1 unspecified atom stereocenters. The van der Waals surface area contributed by atoms with Gasteiger partial charge in [0.1, 0.15) is 5.01 Å². The monoisotopic (exact) mass is 274 g/mol. The van der Waals surface area contributed by atoms with Crippen LogP contribution in [-0.4, -0.2) is 40.1 Å². The maximum Gasteiger partial charge on any atom is 0.229 e. The van der Waals surface area contributed by atoms with Gasteiger partial charge in [0.15, 0.2) is 0 Å². The SMILES string of the molecule is O=C(Cc1nc(CCl)cs1)N1CCCC(O)C1. The maximum absolute atomic E-state index is 12.0. The van der Waals surface area contributed by atoms with Gasteiger partial charge in [-0.25, -0.2) is 4.98 Å². The molecule has 1 aliphatic rings. The maximum atomic E-state index is 12.0. The van der Waals surface area contributed by atoms with Crippen molar-refractivity contribution in [1.29, 1.82) is 0 Å². The third-order valence-electron chi connectivity index (χ3n) is 2.79. The third-order valence-corrected chi connectivity index (χ3v) is 3.96. The number of likely N-dealkylation sites (tertiary alicyclic amines) is 1. The molecule has 94 valence electrons. The van der Waals surface area contributed by atoms with Crippen molar-refractivity contribution < 1.29 is 9.90 Å². The van der Waals surface area contributed by atoms with E-state index >= 15 is 0 Å². The van der Waals surface area contributed by atoms with Gasteiger partial charge in [-0.2, -0.15) is 0 Å². The highest BCUT2D eigenvalue weighted by Crippen LogP contribution is 2.15. The summed E-state index contributed by atoms with van der Waals surface area (Å²) in [4.78, 5) is 17.9. The van der Waals surface area contributed by atoms with E-state index in [0.717, 1.165) is 30.1 Å². The second-order valence-corrected chi connectivity index (χ2v) is 5.39. The fourth-order valence-corrected chi connectivity index (χ4v) is 2.93. The number of β-amino-alcohol motifs (C(OH)–C–C–N with tert-alkyl or cyclic N) is 1. The number of aromatic nitrogens is 1. The third kappa shape index (κ3) is 3.40. The highest BCUT2D eigenvalue weighted by atomic mass is 35.5. The fraction of sp³-hybridized carbons (Fsp3) is 0.636. The second kappa shape index (κ2) is 5.80. The molecule has 2 heterocycles. The van der Waals surface area contributed by atoms with Crippen LogP contribution in [0.3, 0.4) is 0 Å². The number of halogens is 1. The molecule has 0 aliphatic carbocycles. The molecule has 1 aromatic rings. The summed E-state index contributed by atoms with van der Waals surface area (Å²) in [6.45, 7) is 1.19. The Morgan fingerprint density at radius 3 is 3.18 bits per heavy atom. The molecular formula is C11H15ClN2O2S. The lowest BCUT2D eigenvalue weighted by atomic mass is 10.1. The highest BCUT2D eigenvalue weighted by molar-refractivity contribution is 7.09. The van der Waals surface area contributed by atoms with Crippen molar-refractivity contribution in [1.82, 2.24) is 9.88 Å². The summed E-state index contributed by atoms with van der Waals surface area (Å²) in [5.41, 5.74) is 0.818. The second-order valence-electron chi connectivity index (χ2n) is 4.18. The zero-order chi connectivity index (χ0) is 12.3. The van der Waals surface area contributed by atoms with Crippen LogP contribution in [0.25, 0.3) is 0 Å². The van der Waals surface area contributed by atoms with E-state index in [-0.39, 0.29) is 12.0 Å². The van der Waals surface area contributed by atoms with E-state index in [2.05, 4.69) is 4.98 Å². The highest BCUT2D eigenvalue weighted by Gasteiger charge is 2.22. The summed E-state index contributed by atoms with van der Waals surface area (Å²) in [5.74, 6) is 0.423. The average Bonchev–Trinajstić information content (AvgIpc) is 2.77. The van der Waals surface area contributed by atoms with Crippen LogP contribution in [0.5, 0.6) is 0 Å². The Kier molecular flexibility index (Phi) is 4.36. The van der Waals surface area contributed by atoms with Crippen molar-refractivity contribution in [2.75, 3.05) is 13.1 Å². The van der Waals surface area contributed by atoms with E-state index in [1.807, 2.05) is 5.38 Å². The average molecular weight is 275 g/mol. The first kappa shape index (κ1) is 12.8. The van der Waals surface area contributed by atoms with E-state index < -0.39 is 0 Å². The molecule has 1 aromatic heterocycles. The molecule has 1 saturated heterocycles. The van der Waals surface area contributed by atoms with Crippen LogP contribution in [0.1, 0.15) is 23.5 Å². The Morgan fingerprint density at radius 2 is 2.53 bits per heavy atom. The number of amides is 1. The van der Waals surface area contributed by atoms with Crippen LogP contribution in [-0.2, 0) is 17.1 Å². The predicted molar refractivity (Wildman–Crippen MR) is 67.2 cm³/mol. The zero-order valence-electron chi connectivity index (χ0n) is 9.43. The van der Waals surface area contributed by atoms with Crippen LogP contribution < -0.4 is 0 Å². The molecule has 0 bridgehead atoms. The molecule has 0 spiro atoms. The number of aliphatic hydroxyl groups is 1. The summed E-state index contributed by atoms with van der Waals surface area (Å²) in [6, 6.07) is 0. The molecule has 1 aliphatic heterocycles. The molecule has 6 heteroatoms. The molecule has 1 amide bonds. The van der Waals surface area contributed by atoms with E-state index in [1.54, 1.807) is 4.90 Å². The first-order chi connectivity index (χ1) is 8.19. The van der Waals surface area contributed by atoms with Gasteiger partial charge in [-0.3, -0.25) is 4.79 Å². The zero-order valence-corrected chi connectivity index (χ0v) is 11.0. The Bertz CT molecular complexity index is 397. The molecule has 1 N–H and O–H groups in total. The van der Waals surface area contributed by atoms with E-state index in [4.69, 9.17) is 11.6 Å². The predicted octanol–water partition coefficient (Wildman–Crippen LogP) is 1.41. The van der Waals surface area contributed by atoms with Gasteiger partial charge in [0.2, 0.25) is 5.91 Å². The summed E-state index contributed by atoms with van der Waals surface area (Å²) in [7, 11) is 0. The number of thiazole rings is 1. The topological polar surface area (TPSA) is 53.4 Å². The summed E-state index contributed by atoms with van der Waals surface area (Å²) in [6.07, 6.45) is 1.60. The van der Waals surface area contributed by atoms with Crippen molar-refractivity contribution in [3.8, 4) is 0 Å². The largest absolute Gasteiger partial charge is 0.391 e. The van der Waals surface area contributed by atoms with E-state index in [0.29, 0.717) is 18.8 Å². The summed E-state index contributed by atoms with van der Waals surface area (Å²) < 4.78 is 0. The lowest BCUT2D eigenvalue weighted by Crippen LogP contribution is -2.42. The number of hydrogen-bond acceptors (Lipinski definition) is 4. The van der Waals surface area contributed by atoms with Gasteiger partial charge in [-0.05, 0) is 12.8 Å². The molecule has 0 radical (unpaired) electrons. The van der Waals surface area contributed by atoms with Crippen LogP contribution in [0.15, 0.2) is 5.38 Å². The van der Waals surface area contributed by atoms with Gasteiger partial charge in [-0.15, -0.1) is 22.9 Å². The Balaban J connectivity index is 1.91. The molecule has 0 saturated carbocycles. The molecule has 4 nitrogen and oxygen atoms in total. The number of carbonyl (C=O) groups excluding carboxylic acids is 1. The van der Waals surface area contributed by atoms with Crippen molar-refractivity contribution in [2.24, 2.45) is 0 Å². The van der Waals surface area contributed by atoms with Gasteiger partial charge < -0.3 is 10.0 Å². The first-order valence-electron chi connectivity index (χ1n) is 5.64. The fourth-order valence-electron chi connectivity index (χ4n) is 1.91. The van der Waals surface area contributed by atoms with Crippen molar-refractivity contribution in [3.05, 3.63) is 16.1 Å². The van der Waals surface area contributed by atoms with Crippen molar-refractivity contribution in [3.63, 3.8) is 0 Å². The molecule has 1 atom stereocenters. The quantitative estimate of drug-likeness (QED) is 0.848. The summed E-state index contributed by atoms with van der Waals surface area (Å²) in [5, 5.41) is 12.2. The Hall–Kier alpha value is -0.650. The van der Waals surface area contributed by atoms with Crippen LogP contribution >= 0.6 is 22.9 Å². The Labute approximate surface area is 109 Å². The number of piperidine rings is 1. The van der Waals surface area contributed by atoms with Crippen LogP contribution in [0.4, 0.5) is 0 Å². The number of nitrogens with zero attached hydrogens (tertiary/aromatic N) is 2. The minimum absolute atomic E-state index is 0.0409. The molecular weight excluding hydrogens is 260 g/mol. The number of aliphatic hydroxyl groups excluding tert-OH is 1. The smallest absolute Gasteiger partial charge is 0.229 e. The minimum Gasteiger partial charge on any atom is -0.391 e. The van der Waals surface area contributed by atoms with E-state index in [1.165, 1.54) is 11.3 Å². The van der Waals surface area contributed by atoms with Gasteiger partial charge in [0.05, 0.1) is 24.1 Å². The minimum atomic E-state index is -0.373. The van der Waals surface area contributed by atoms with Gasteiger partial charge in [-0.1, -0.05) is 0 Å².